The molecule has 0 amide bonds. The Morgan fingerprint density at radius 1 is 0.313 bits per heavy atom. The van der Waals surface area contributed by atoms with Gasteiger partial charge in [-0.15, -0.1) is 0 Å². The van der Waals surface area contributed by atoms with Gasteiger partial charge in [0.05, 0.1) is 0 Å². The quantitative estimate of drug-likeness (QED) is 0.0262. The van der Waals surface area contributed by atoms with Gasteiger partial charge in [0.15, 0.2) is 6.10 Å². The highest BCUT2D eigenvalue weighted by atomic mass is 16.6. The lowest BCUT2D eigenvalue weighted by Gasteiger charge is -2.18. The predicted octanol–water partition coefficient (Wildman–Crippen LogP) is 19.4. The van der Waals surface area contributed by atoms with E-state index in [1.807, 2.05) is 0 Å². The fourth-order valence-corrected chi connectivity index (χ4v) is 8.49. The third kappa shape index (κ3) is 54.2. The summed E-state index contributed by atoms with van der Waals surface area (Å²) in [7, 11) is 0. The van der Waals surface area contributed by atoms with Crippen molar-refractivity contribution in [2.45, 2.75) is 309 Å². The first-order valence-electron chi connectivity index (χ1n) is 29.1. The maximum atomic E-state index is 12.8. The largest absolute Gasteiger partial charge is 0.462 e. The van der Waals surface area contributed by atoms with Gasteiger partial charge in [0.25, 0.3) is 0 Å². The summed E-state index contributed by atoms with van der Waals surface area (Å²) in [6.45, 7) is 6.48. The van der Waals surface area contributed by atoms with Crippen molar-refractivity contribution in [2.24, 2.45) is 0 Å². The van der Waals surface area contributed by atoms with Gasteiger partial charge in [-0.1, -0.05) is 275 Å². The molecule has 0 bridgehead atoms. The predicted molar refractivity (Wildman–Crippen MR) is 289 cm³/mol. The molecule has 1 unspecified atom stereocenters. The maximum absolute atomic E-state index is 12.8. The molecule has 1 atom stereocenters. The van der Waals surface area contributed by atoms with Crippen LogP contribution in [0.25, 0.3) is 0 Å². The molecule has 0 fully saturated rings. The monoisotopic (exact) mass is 939 g/mol. The van der Waals surface area contributed by atoms with Gasteiger partial charge in [0, 0.05) is 19.3 Å². The Morgan fingerprint density at radius 2 is 0.582 bits per heavy atom. The topological polar surface area (TPSA) is 78.9 Å². The molecule has 0 N–H and O–H groups in total. The number of carbonyl (C=O) groups excluding carboxylic acids is 3. The molecule has 67 heavy (non-hydrogen) atoms. The summed E-state index contributed by atoms with van der Waals surface area (Å²) in [5.41, 5.74) is 0. The number of hydrogen-bond donors (Lipinski definition) is 0. The number of rotatable bonds is 53. The molecule has 0 aromatic carbocycles. The van der Waals surface area contributed by atoms with Crippen LogP contribution in [-0.4, -0.2) is 37.2 Å². The van der Waals surface area contributed by atoms with E-state index in [2.05, 4.69) is 69.4 Å². The molecule has 0 saturated carbocycles. The van der Waals surface area contributed by atoms with Crippen molar-refractivity contribution < 1.29 is 28.6 Å². The molecular formula is C61H110O6. The Labute approximate surface area is 416 Å². The summed E-state index contributed by atoms with van der Waals surface area (Å²) in [5.74, 6) is -0.871. The molecule has 0 saturated heterocycles. The zero-order valence-corrected chi connectivity index (χ0v) is 44.7. The Bertz CT molecular complexity index is 1170. The second-order valence-corrected chi connectivity index (χ2v) is 19.5. The lowest BCUT2D eigenvalue weighted by atomic mass is 10.0. The van der Waals surface area contributed by atoms with E-state index in [-0.39, 0.29) is 31.1 Å². The van der Waals surface area contributed by atoms with Crippen molar-refractivity contribution in [1.82, 2.24) is 0 Å². The van der Waals surface area contributed by atoms with E-state index in [1.165, 1.54) is 173 Å². The van der Waals surface area contributed by atoms with E-state index < -0.39 is 6.10 Å². The van der Waals surface area contributed by atoms with E-state index in [1.54, 1.807) is 0 Å². The van der Waals surface area contributed by atoms with E-state index in [9.17, 15) is 14.4 Å². The van der Waals surface area contributed by atoms with Crippen LogP contribution < -0.4 is 0 Å². The highest BCUT2D eigenvalue weighted by Crippen LogP contribution is 2.17. The SMILES string of the molecule is CC/C=C\C/C=C\C/C=C\C/C=C\CCCCCCCCCCCCCCC(=O)OCC(COC(=O)CCCCCCC)OC(=O)CCCCCCCCCCCCCCCCCCCCC. The van der Waals surface area contributed by atoms with E-state index in [0.717, 1.165) is 89.9 Å². The number of ether oxygens (including phenoxy) is 3. The lowest BCUT2D eigenvalue weighted by Crippen LogP contribution is -2.30. The van der Waals surface area contributed by atoms with Crippen molar-refractivity contribution >= 4 is 17.9 Å². The molecule has 390 valence electrons. The fraction of sp³-hybridized carbons (Fsp3) is 0.820. The summed E-state index contributed by atoms with van der Waals surface area (Å²) in [4.78, 5) is 37.8. The van der Waals surface area contributed by atoms with Crippen LogP contribution in [0, 0.1) is 0 Å². The van der Waals surface area contributed by atoms with E-state index in [4.69, 9.17) is 14.2 Å². The van der Waals surface area contributed by atoms with E-state index >= 15 is 0 Å². The first-order chi connectivity index (χ1) is 33.0. The summed E-state index contributed by atoms with van der Waals surface area (Å²) in [6, 6.07) is 0. The minimum Gasteiger partial charge on any atom is -0.462 e. The minimum atomic E-state index is -0.767. The van der Waals surface area contributed by atoms with E-state index in [0.29, 0.717) is 19.3 Å². The van der Waals surface area contributed by atoms with Gasteiger partial charge < -0.3 is 14.2 Å². The average molecular weight is 940 g/mol. The minimum absolute atomic E-state index is 0.0706. The number of hydrogen-bond acceptors (Lipinski definition) is 6. The van der Waals surface area contributed by atoms with Crippen LogP contribution in [0.1, 0.15) is 303 Å². The number of esters is 3. The molecule has 0 aromatic heterocycles. The summed E-state index contributed by atoms with van der Waals surface area (Å²) in [6.07, 6.45) is 68.7. The highest BCUT2D eigenvalue weighted by Gasteiger charge is 2.19. The van der Waals surface area contributed by atoms with Crippen molar-refractivity contribution in [1.29, 1.82) is 0 Å². The van der Waals surface area contributed by atoms with Crippen molar-refractivity contribution in [3.05, 3.63) is 48.6 Å². The molecule has 0 aliphatic heterocycles. The second kappa shape index (κ2) is 56.0. The molecular weight excluding hydrogens is 829 g/mol. The van der Waals surface area contributed by atoms with Crippen molar-refractivity contribution in [3.8, 4) is 0 Å². The van der Waals surface area contributed by atoms with Gasteiger partial charge in [-0.05, 0) is 57.8 Å². The van der Waals surface area contributed by atoms with Crippen LogP contribution in [0.4, 0.5) is 0 Å². The normalized spacial score (nSPS) is 12.3. The first-order valence-corrected chi connectivity index (χ1v) is 29.1. The molecule has 0 radical (unpaired) electrons. The zero-order valence-electron chi connectivity index (χ0n) is 44.7. The summed E-state index contributed by atoms with van der Waals surface area (Å²) < 4.78 is 16.7. The van der Waals surface area contributed by atoms with Gasteiger partial charge in [-0.3, -0.25) is 14.4 Å². The molecule has 0 spiro atoms. The van der Waals surface area contributed by atoms with Gasteiger partial charge in [0.1, 0.15) is 13.2 Å². The van der Waals surface area contributed by atoms with Gasteiger partial charge >= 0.3 is 17.9 Å². The number of carbonyl (C=O) groups is 3. The number of allylic oxidation sites excluding steroid dienone is 8. The summed E-state index contributed by atoms with van der Waals surface area (Å²) >= 11 is 0. The Morgan fingerprint density at radius 3 is 0.910 bits per heavy atom. The molecule has 0 aliphatic rings. The van der Waals surface area contributed by atoms with Crippen LogP contribution in [0.15, 0.2) is 48.6 Å². The molecule has 0 rings (SSSR count). The summed E-state index contributed by atoms with van der Waals surface area (Å²) in [5, 5.41) is 0. The van der Waals surface area contributed by atoms with Gasteiger partial charge in [0.2, 0.25) is 0 Å². The second-order valence-electron chi connectivity index (χ2n) is 19.5. The average Bonchev–Trinajstić information content (AvgIpc) is 3.33. The zero-order chi connectivity index (χ0) is 48.6. The van der Waals surface area contributed by atoms with Gasteiger partial charge in [-0.25, -0.2) is 0 Å². The highest BCUT2D eigenvalue weighted by molar-refractivity contribution is 5.71. The third-order valence-corrected chi connectivity index (χ3v) is 12.8. The fourth-order valence-electron chi connectivity index (χ4n) is 8.49. The lowest BCUT2D eigenvalue weighted by molar-refractivity contribution is -0.167. The van der Waals surface area contributed by atoms with Crippen LogP contribution in [0.3, 0.4) is 0 Å². The number of unbranched alkanes of at least 4 members (excludes halogenated alkanes) is 34. The molecule has 0 heterocycles. The Balaban J connectivity index is 4.04. The molecule has 6 nitrogen and oxygen atoms in total. The molecule has 0 aromatic rings. The van der Waals surface area contributed by atoms with Crippen molar-refractivity contribution in [3.63, 3.8) is 0 Å². The smallest absolute Gasteiger partial charge is 0.306 e. The van der Waals surface area contributed by atoms with Gasteiger partial charge in [-0.2, -0.15) is 0 Å². The van der Waals surface area contributed by atoms with Crippen LogP contribution >= 0.6 is 0 Å². The Kier molecular flexibility index (Phi) is 53.8. The van der Waals surface area contributed by atoms with Crippen molar-refractivity contribution in [2.75, 3.05) is 13.2 Å². The Hall–Kier alpha value is -2.63. The standard InChI is InChI=1S/C61H110O6/c1-4-7-10-13-15-17-19-21-23-25-27-28-29-30-31-32-34-35-37-39-41-43-45-48-51-54-60(63)66-57-58(56-65-59(62)53-50-47-12-9-6-3)67-61(64)55-52-49-46-44-42-40-38-36-33-26-24-22-20-18-16-14-11-8-5-2/h7,10,15,17,21,23,27-28,58H,4-6,8-9,11-14,16,18-20,22,24-26,29-57H2,1-3H3/b10-7-,17-15-,23-21-,28-27-. The first kappa shape index (κ1) is 64.4. The van der Waals surface area contributed by atoms with Crippen LogP contribution in [-0.2, 0) is 28.6 Å². The van der Waals surface area contributed by atoms with Crippen LogP contribution in [0.2, 0.25) is 0 Å². The third-order valence-electron chi connectivity index (χ3n) is 12.8. The maximum Gasteiger partial charge on any atom is 0.306 e. The molecule has 0 aliphatic carbocycles. The van der Waals surface area contributed by atoms with Crippen LogP contribution in [0.5, 0.6) is 0 Å². The molecule has 6 heteroatoms.